The first-order valence-electron chi connectivity index (χ1n) is 6.42. The SMILES string of the molecule is O=C(Nc1ccc(Cn2cccn2)cc1)c1cc(Br)c[nH]1. The Kier molecular flexibility index (Phi) is 3.87. The van der Waals surface area contributed by atoms with Crippen LogP contribution in [-0.2, 0) is 6.54 Å². The summed E-state index contributed by atoms with van der Waals surface area (Å²) in [5.74, 6) is -0.166. The Bertz CT molecular complexity index is 731. The molecule has 0 aliphatic heterocycles. The van der Waals surface area contributed by atoms with Crippen LogP contribution < -0.4 is 5.32 Å². The molecule has 0 saturated carbocycles. The van der Waals surface area contributed by atoms with Gasteiger partial charge in [0.15, 0.2) is 0 Å². The van der Waals surface area contributed by atoms with Crippen molar-refractivity contribution in [2.24, 2.45) is 0 Å². The number of carbonyl (C=O) groups excluding carboxylic acids is 1. The molecule has 0 aliphatic carbocycles. The molecule has 2 N–H and O–H groups in total. The monoisotopic (exact) mass is 344 g/mol. The molecular weight excluding hydrogens is 332 g/mol. The molecule has 2 aromatic heterocycles. The first-order valence-corrected chi connectivity index (χ1v) is 7.22. The van der Waals surface area contributed by atoms with E-state index in [1.54, 1.807) is 18.5 Å². The molecule has 0 aliphatic rings. The van der Waals surface area contributed by atoms with Crippen molar-refractivity contribution in [3.63, 3.8) is 0 Å². The zero-order chi connectivity index (χ0) is 14.7. The summed E-state index contributed by atoms with van der Waals surface area (Å²) in [4.78, 5) is 14.9. The highest BCUT2D eigenvalue weighted by Gasteiger charge is 2.08. The summed E-state index contributed by atoms with van der Waals surface area (Å²) in [5.41, 5.74) is 2.40. The smallest absolute Gasteiger partial charge is 0.272 e. The average molecular weight is 345 g/mol. The minimum atomic E-state index is -0.166. The first-order chi connectivity index (χ1) is 10.2. The Hall–Kier alpha value is -2.34. The standard InChI is InChI=1S/C15H13BrN4O/c16-12-8-14(17-9-12)15(21)19-13-4-2-11(3-5-13)10-20-7-1-6-18-20/h1-9,17H,10H2,(H,19,21). The van der Waals surface area contributed by atoms with E-state index >= 15 is 0 Å². The van der Waals surface area contributed by atoms with Crippen LogP contribution in [0, 0.1) is 0 Å². The predicted octanol–water partition coefficient (Wildman–Crippen LogP) is 3.27. The molecule has 106 valence electrons. The molecule has 21 heavy (non-hydrogen) atoms. The molecular formula is C15H13BrN4O. The number of nitrogens with zero attached hydrogens (tertiary/aromatic N) is 2. The van der Waals surface area contributed by atoms with Gasteiger partial charge in [-0.15, -0.1) is 0 Å². The van der Waals surface area contributed by atoms with Crippen LogP contribution in [0.3, 0.4) is 0 Å². The number of aromatic nitrogens is 3. The normalized spacial score (nSPS) is 10.5. The summed E-state index contributed by atoms with van der Waals surface area (Å²) in [6.07, 6.45) is 5.39. The van der Waals surface area contributed by atoms with Gasteiger partial charge >= 0.3 is 0 Å². The third kappa shape index (κ3) is 3.41. The number of aromatic amines is 1. The fourth-order valence-electron chi connectivity index (χ4n) is 1.97. The van der Waals surface area contributed by atoms with Crippen LogP contribution in [-0.4, -0.2) is 20.7 Å². The molecule has 0 fully saturated rings. The van der Waals surface area contributed by atoms with Crippen LogP contribution in [0.1, 0.15) is 16.1 Å². The van der Waals surface area contributed by atoms with Crippen molar-refractivity contribution in [3.05, 3.63) is 70.7 Å². The van der Waals surface area contributed by atoms with Gasteiger partial charge in [-0.25, -0.2) is 0 Å². The van der Waals surface area contributed by atoms with Gasteiger partial charge in [-0.1, -0.05) is 12.1 Å². The van der Waals surface area contributed by atoms with Crippen LogP contribution in [0.2, 0.25) is 0 Å². The lowest BCUT2D eigenvalue weighted by Crippen LogP contribution is -2.12. The van der Waals surface area contributed by atoms with Gasteiger partial charge in [0.25, 0.3) is 5.91 Å². The minimum Gasteiger partial charge on any atom is -0.356 e. The Morgan fingerprint density at radius 3 is 2.76 bits per heavy atom. The molecule has 3 rings (SSSR count). The van der Waals surface area contributed by atoms with Crippen molar-refractivity contribution in [1.29, 1.82) is 0 Å². The van der Waals surface area contributed by atoms with Gasteiger partial charge in [0.2, 0.25) is 0 Å². The van der Waals surface area contributed by atoms with E-state index in [1.165, 1.54) is 0 Å². The van der Waals surface area contributed by atoms with Gasteiger partial charge in [-0.3, -0.25) is 9.48 Å². The van der Waals surface area contributed by atoms with E-state index in [0.717, 1.165) is 15.7 Å². The van der Waals surface area contributed by atoms with Crippen LogP contribution in [0.5, 0.6) is 0 Å². The Morgan fingerprint density at radius 2 is 2.14 bits per heavy atom. The summed E-state index contributed by atoms with van der Waals surface area (Å²) in [5, 5.41) is 7.01. The molecule has 0 saturated heterocycles. The molecule has 1 amide bonds. The lowest BCUT2D eigenvalue weighted by Gasteiger charge is -2.06. The van der Waals surface area contributed by atoms with E-state index < -0.39 is 0 Å². The van der Waals surface area contributed by atoms with Crippen molar-refractivity contribution < 1.29 is 4.79 Å². The summed E-state index contributed by atoms with van der Waals surface area (Å²) < 4.78 is 2.70. The molecule has 5 nitrogen and oxygen atoms in total. The molecule has 6 heteroatoms. The number of hydrogen-bond donors (Lipinski definition) is 2. The van der Waals surface area contributed by atoms with Gasteiger partial charge in [0.05, 0.1) is 6.54 Å². The minimum absolute atomic E-state index is 0.166. The highest BCUT2D eigenvalue weighted by Crippen LogP contribution is 2.14. The fourth-order valence-corrected chi connectivity index (χ4v) is 2.32. The number of H-pyrrole nitrogens is 1. The fraction of sp³-hybridized carbons (Fsp3) is 0.0667. The maximum Gasteiger partial charge on any atom is 0.272 e. The van der Waals surface area contributed by atoms with Gasteiger partial charge < -0.3 is 10.3 Å². The second-order valence-electron chi connectivity index (χ2n) is 4.59. The zero-order valence-electron chi connectivity index (χ0n) is 11.1. The van der Waals surface area contributed by atoms with Crippen molar-refractivity contribution in [3.8, 4) is 0 Å². The first kappa shape index (κ1) is 13.6. The molecule has 2 heterocycles. The summed E-state index contributed by atoms with van der Waals surface area (Å²) >= 11 is 3.30. The summed E-state index contributed by atoms with van der Waals surface area (Å²) in [6.45, 7) is 0.713. The van der Waals surface area contributed by atoms with Crippen molar-refractivity contribution >= 4 is 27.5 Å². The maximum atomic E-state index is 12.0. The molecule has 0 unspecified atom stereocenters. The van der Waals surface area contributed by atoms with E-state index in [1.807, 2.05) is 41.2 Å². The van der Waals surface area contributed by atoms with Crippen LogP contribution >= 0.6 is 15.9 Å². The number of halogens is 1. The van der Waals surface area contributed by atoms with Crippen LogP contribution in [0.15, 0.2) is 59.5 Å². The number of nitrogens with one attached hydrogen (secondary N) is 2. The topological polar surface area (TPSA) is 62.7 Å². The lowest BCUT2D eigenvalue weighted by atomic mass is 10.2. The summed E-state index contributed by atoms with van der Waals surface area (Å²) in [6, 6.07) is 11.3. The van der Waals surface area contributed by atoms with Gasteiger partial charge in [0.1, 0.15) is 5.69 Å². The van der Waals surface area contributed by atoms with E-state index in [4.69, 9.17) is 0 Å². The number of benzene rings is 1. The van der Waals surface area contributed by atoms with Gasteiger partial charge in [-0.05, 0) is 45.8 Å². The number of hydrogen-bond acceptors (Lipinski definition) is 2. The van der Waals surface area contributed by atoms with Crippen LogP contribution in [0.4, 0.5) is 5.69 Å². The molecule has 0 spiro atoms. The molecule has 3 aromatic rings. The quantitative estimate of drug-likeness (QED) is 0.762. The van der Waals surface area contributed by atoms with Crippen molar-refractivity contribution in [1.82, 2.24) is 14.8 Å². The Labute approximate surface area is 130 Å². The molecule has 0 atom stereocenters. The number of rotatable bonds is 4. The second-order valence-corrected chi connectivity index (χ2v) is 5.50. The second kappa shape index (κ2) is 5.97. The van der Waals surface area contributed by atoms with Gasteiger partial charge in [0, 0.05) is 28.8 Å². The lowest BCUT2D eigenvalue weighted by molar-refractivity contribution is 0.102. The zero-order valence-corrected chi connectivity index (χ0v) is 12.7. The predicted molar refractivity (Wildman–Crippen MR) is 84.2 cm³/mol. The van der Waals surface area contributed by atoms with E-state index in [9.17, 15) is 4.79 Å². The number of amides is 1. The van der Waals surface area contributed by atoms with Crippen molar-refractivity contribution in [2.75, 3.05) is 5.32 Å². The maximum absolute atomic E-state index is 12.0. The van der Waals surface area contributed by atoms with E-state index in [0.29, 0.717) is 12.2 Å². The highest BCUT2D eigenvalue weighted by molar-refractivity contribution is 9.10. The Balaban J connectivity index is 1.65. The third-order valence-electron chi connectivity index (χ3n) is 3.01. The highest BCUT2D eigenvalue weighted by atomic mass is 79.9. The van der Waals surface area contributed by atoms with Crippen LogP contribution in [0.25, 0.3) is 0 Å². The number of anilines is 1. The molecule has 1 aromatic carbocycles. The molecule has 0 radical (unpaired) electrons. The van der Waals surface area contributed by atoms with Gasteiger partial charge in [-0.2, -0.15) is 5.10 Å². The van der Waals surface area contributed by atoms with E-state index in [-0.39, 0.29) is 5.91 Å². The molecule has 0 bridgehead atoms. The largest absolute Gasteiger partial charge is 0.356 e. The third-order valence-corrected chi connectivity index (χ3v) is 3.47. The number of carbonyl (C=O) groups is 1. The van der Waals surface area contributed by atoms with Crippen molar-refractivity contribution in [2.45, 2.75) is 6.54 Å². The Morgan fingerprint density at radius 1 is 1.33 bits per heavy atom. The average Bonchev–Trinajstić information content (AvgIpc) is 3.12. The summed E-state index contributed by atoms with van der Waals surface area (Å²) in [7, 11) is 0. The van der Waals surface area contributed by atoms with E-state index in [2.05, 4.69) is 31.3 Å².